The molecule has 124 valence electrons. The number of aromatic nitrogens is 3. The molecule has 5 nitrogen and oxygen atoms in total. The van der Waals surface area contributed by atoms with Crippen LogP contribution in [0.3, 0.4) is 0 Å². The average molecular weight is 346 g/mol. The highest BCUT2D eigenvalue weighted by Gasteiger charge is 2.31. The molecule has 0 unspecified atom stereocenters. The van der Waals surface area contributed by atoms with Crippen LogP contribution in [0.5, 0.6) is 0 Å². The summed E-state index contributed by atoms with van der Waals surface area (Å²) < 4.78 is 38.3. The third-order valence-electron chi connectivity index (χ3n) is 2.60. The van der Waals surface area contributed by atoms with Gasteiger partial charge in [0.2, 0.25) is 5.95 Å². The summed E-state index contributed by atoms with van der Waals surface area (Å²) in [6, 6.07) is 2.97. The Balaban J connectivity index is 2.27. The Labute approximate surface area is 136 Å². The first-order chi connectivity index (χ1) is 10.5. The molecule has 9 heteroatoms. The lowest BCUT2D eigenvalue weighted by molar-refractivity contribution is -0.137. The Bertz CT molecular complexity index is 698. The first kappa shape index (κ1) is 17.3. The van der Waals surface area contributed by atoms with Gasteiger partial charge in [-0.05, 0) is 39.0 Å². The second-order valence-electron chi connectivity index (χ2n) is 5.86. The molecular formula is C14H15ClF3N5. The van der Waals surface area contributed by atoms with Crippen LogP contribution in [0.4, 0.5) is 30.6 Å². The van der Waals surface area contributed by atoms with Gasteiger partial charge in [-0.3, -0.25) is 0 Å². The molecule has 0 aliphatic heterocycles. The maximum absolute atomic E-state index is 12.8. The number of halogens is 4. The fourth-order valence-electron chi connectivity index (χ4n) is 1.72. The predicted molar refractivity (Wildman–Crippen MR) is 82.9 cm³/mol. The Morgan fingerprint density at radius 3 is 2.43 bits per heavy atom. The summed E-state index contributed by atoms with van der Waals surface area (Å²) in [4.78, 5) is 4.15. The van der Waals surface area contributed by atoms with Crippen molar-refractivity contribution in [3.05, 3.63) is 35.0 Å². The fraction of sp³-hybridized carbons (Fsp3) is 0.357. The van der Waals surface area contributed by atoms with Gasteiger partial charge in [-0.25, -0.2) is 0 Å². The summed E-state index contributed by atoms with van der Waals surface area (Å²) in [6.07, 6.45) is -3.04. The van der Waals surface area contributed by atoms with Crippen LogP contribution in [0.1, 0.15) is 26.3 Å². The zero-order chi connectivity index (χ0) is 17.3. The lowest BCUT2D eigenvalue weighted by Gasteiger charge is -2.21. The van der Waals surface area contributed by atoms with E-state index in [1.54, 1.807) is 0 Å². The molecule has 1 heterocycles. The smallest absolute Gasteiger partial charge is 0.364 e. The van der Waals surface area contributed by atoms with Gasteiger partial charge < -0.3 is 10.6 Å². The molecule has 0 saturated heterocycles. The number of rotatable bonds is 3. The van der Waals surface area contributed by atoms with Gasteiger partial charge in [0.25, 0.3) is 0 Å². The highest BCUT2D eigenvalue weighted by molar-refractivity contribution is 6.33. The van der Waals surface area contributed by atoms with Crippen molar-refractivity contribution in [3.8, 4) is 0 Å². The molecule has 23 heavy (non-hydrogen) atoms. The van der Waals surface area contributed by atoms with E-state index in [-0.39, 0.29) is 22.2 Å². The Kier molecular flexibility index (Phi) is 4.65. The molecule has 0 spiro atoms. The van der Waals surface area contributed by atoms with Crippen LogP contribution in [0.2, 0.25) is 5.02 Å². The van der Waals surface area contributed by atoms with Crippen LogP contribution in [-0.4, -0.2) is 20.7 Å². The van der Waals surface area contributed by atoms with Gasteiger partial charge in [-0.2, -0.15) is 23.3 Å². The molecule has 1 aromatic heterocycles. The standard InChI is InChI=1S/C14H15ClF3N5/c1-13(2,3)22-11-7-19-23-12(21-11)20-10-6-8(14(16,17)18)4-5-9(10)15/h4-7H,1-3H3,(H2,20,21,22,23). The lowest BCUT2D eigenvalue weighted by Crippen LogP contribution is -2.27. The zero-order valence-corrected chi connectivity index (χ0v) is 13.4. The molecular weight excluding hydrogens is 331 g/mol. The van der Waals surface area contributed by atoms with Gasteiger partial charge >= 0.3 is 6.18 Å². The molecule has 0 aliphatic rings. The third kappa shape index (κ3) is 4.95. The van der Waals surface area contributed by atoms with Gasteiger partial charge in [0.1, 0.15) is 0 Å². The van der Waals surface area contributed by atoms with Crippen molar-refractivity contribution in [2.75, 3.05) is 10.6 Å². The van der Waals surface area contributed by atoms with Crippen LogP contribution in [-0.2, 0) is 6.18 Å². The van der Waals surface area contributed by atoms with Crippen LogP contribution in [0.15, 0.2) is 24.4 Å². The first-order valence-electron chi connectivity index (χ1n) is 6.66. The van der Waals surface area contributed by atoms with E-state index < -0.39 is 11.7 Å². The summed E-state index contributed by atoms with van der Waals surface area (Å²) in [5.41, 5.74) is -1.02. The third-order valence-corrected chi connectivity index (χ3v) is 2.93. The molecule has 2 N–H and O–H groups in total. The summed E-state index contributed by atoms with van der Waals surface area (Å²) in [6.45, 7) is 5.81. The van der Waals surface area contributed by atoms with Crippen LogP contribution in [0, 0.1) is 0 Å². The summed E-state index contributed by atoms with van der Waals surface area (Å²) >= 11 is 5.92. The monoisotopic (exact) mass is 345 g/mol. The number of benzene rings is 1. The van der Waals surface area contributed by atoms with Crippen molar-refractivity contribution in [3.63, 3.8) is 0 Å². The highest BCUT2D eigenvalue weighted by atomic mass is 35.5. The van der Waals surface area contributed by atoms with Crippen molar-refractivity contribution in [2.24, 2.45) is 0 Å². The number of hydrogen-bond donors (Lipinski definition) is 2. The summed E-state index contributed by atoms with van der Waals surface area (Å²) in [5, 5.41) is 13.4. The Hall–Kier alpha value is -2.09. The highest BCUT2D eigenvalue weighted by Crippen LogP contribution is 2.34. The van der Waals surface area contributed by atoms with Gasteiger partial charge in [0.05, 0.1) is 22.5 Å². The minimum absolute atomic E-state index is 0.0421. The minimum Gasteiger partial charge on any atom is -0.364 e. The van der Waals surface area contributed by atoms with Crippen molar-refractivity contribution >= 4 is 29.1 Å². The Morgan fingerprint density at radius 2 is 1.83 bits per heavy atom. The van der Waals surface area contributed by atoms with Gasteiger partial charge in [-0.1, -0.05) is 11.6 Å². The number of alkyl halides is 3. The van der Waals surface area contributed by atoms with Crippen LogP contribution < -0.4 is 10.6 Å². The Morgan fingerprint density at radius 1 is 1.13 bits per heavy atom. The number of hydrogen-bond acceptors (Lipinski definition) is 5. The number of nitrogens with zero attached hydrogens (tertiary/aromatic N) is 3. The van der Waals surface area contributed by atoms with Gasteiger partial charge in [-0.15, -0.1) is 5.10 Å². The van der Waals surface area contributed by atoms with Crippen molar-refractivity contribution < 1.29 is 13.2 Å². The van der Waals surface area contributed by atoms with Crippen LogP contribution in [0.25, 0.3) is 0 Å². The molecule has 2 aromatic rings. The van der Waals surface area contributed by atoms with Gasteiger partial charge in [0, 0.05) is 5.54 Å². The first-order valence-corrected chi connectivity index (χ1v) is 7.04. The second-order valence-corrected chi connectivity index (χ2v) is 6.26. The second kappa shape index (κ2) is 6.19. The van der Waals surface area contributed by atoms with E-state index in [0.717, 1.165) is 18.2 Å². The van der Waals surface area contributed by atoms with Crippen LogP contribution >= 0.6 is 11.6 Å². The molecule has 1 aromatic carbocycles. The van der Waals surface area contributed by atoms with Crippen molar-refractivity contribution in [1.82, 2.24) is 15.2 Å². The largest absolute Gasteiger partial charge is 0.416 e. The lowest BCUT2D eigenvalue weighted by atomic mass is 10.1. The molecule has 0 atom stereocenters. The molecule has 2 rings (SSSR count). The molecule has 0 radical (unpaired) electrons. The molecule has 0 saturated carbocycles. The number of anilines is 3. The van der Waals surface area contributed by atoms with E-state index in [4.69, 9.17) is 11.6 Å². The maximum atomic E-state index is 12.8. The van der Waals surface area contributed by atoms with E-state index in [2.05, 4.69) is 25.8 Å². The van der Waals surface area contributed by atoms with E-state index in [1.807, 2.05) is 20.8 Å². The fourth-order valence-corrected chi connectivity index (χ4v) is 1.88. The SMILES string of the molecule is CC(C)(C)Nc1cnnc(Nc2cc(C(F)(F)F)ccc2Cl)n1. The van der Waals surface area contributed by atoms with Crippen molar-refractivity contribution in [1.29, 1.82) is 0 Å². The van der Waals surface area contributed by atoms with E-state index in [9.17, 15) is 13.2 Å². The molecule has 0 bridgehead atoms. The summed E-state index contributed by atoms with van der Waals surface area (Å²) in [5.74, 6) is 0.485. The predicted octanol–water partition coefficient (Wildman–Crippen LogP) is 4.50. The average Bonchev–Trinajstić information content (AvgIpc) is 2.38. The zero-order valence-electron chi connectivity index (χ0n) is 12.7. The van der Waals surface area contributed by atoms with Gasteiger partial charge in [0.15, 0.2) is 5.82 Å². The van der Waals surface area contributed by atoms with Crippen molar-refractivity contribution in [2.45, 2.75) is 32.5 Å². The molecule has 0 aliphatic carbocycles. The topological polar surface area (TPSA) is 62.7 Å². The summed E-state index contributed by atoms with van der Waals surface area (Å²) in [7, 11) is 0. The van der Waals surface area contributed by atoms with E-state index >= 15 is 0 Å². The minimum atomic E-state index is -4.46. The maximum Gasteiger partial charge on any atom is 0.416 e. The van der Waals surface area contributed by atoms with E-state index in [1.165, 1.54) is 6.20 Å². The van der Waals surface area contributed by atoms with E-state index in [0.29, 0.717) is 5.82 Å². The molecule has 0 amide bonds. The normalized spacial score (nSPS) is 12.1. The molecule has 0 fully saturated rings. The quantitative estimate of drug-likeness (QED) is 0.857. The number of nitrogens with one attached hydrogen (secondary N) is 2.